The molecule has 2 aromatic heterocycles. The Morgan fingerprint density at radius 3 is 2.56 bits per heavy atom. The molecular formula is C20H26N2OS2. The first-order valence-corrected chi connectivity index (χ1v) is 11.2. The van der Waals surface area contributed by atoms with Crippen molar-refractivity contribution in [2.24, 2.45) is 0 Å². The van der Waals surface area contributed by atoms with Crippen molar-refractivity contribution in [1.82, 2.24) is 9.80 Å². The van der Waals surface area contributed by atoms with Gasteiger partial charge in [-0.3, -0.25) is 9.69 Å². The van der Waals surface area contributed by atoms with Crippen LogP contribution in [-0.2, 0) is 11.2 Å². The van der Waals surface area contributed by atoms with Crippen molar-refractivity contribution in [3.63, 3.8) is 0 Å². The predicted octanol–water partition coefficient (Wildman–Crippen LogP) is 4.55. The summed E-state index contributed by atoms with van der Waals surface area (Å²) in [6.07, 6.45) is 7.26. The standard InChI is InChI=1S/C20H26N2OS2/c23-19(21-10-4-2-1-3-5-11-21)15-22-12-8-17-16(9-14-25-17)20(22)18-7-6-13-24-18/h6-7,9,13-14,20H,1-5,8,10-12,15H2. The van der Waals surface area contributed by atoms with Crippen LogP contribution in [0.2, 0.25) is 0 Å². The molecule has 1 saturated heterocycles. The quantitative estimate of drug-likeness (QED) is 0.787. The van der Waals surface area contributed by atoms with E-state index >= 15 is 0 Å². The van der Waals surface area contributed by atoms with E-state index in [4.69, 9.17) is 0 Å². The number of fused-ring (bicyclic) bond motifs is 1. The Bertz CT molecular complexity index is 686. The van der Waals surface area contributed by atoms with Gasteiger partial charge < -0.3 is 4.90 Å². The van der Waals surface area contributed by atoms with E-state index in [2.05, 4.69) is 38.8 Å². The van der Waals surface area contributed by atoms with E-state index in [1.54, 1.807) is 0 Å². The van der Waals surface area contributed by atoms with Crippen LogP contribution < -0.4 is 0 Å². The van der Waals surface area contributed by atoms with Gasteiger partial charge in [0.15, 0.2) is 0 Å². The molecule has 0 aliphatic carbocycles. The maximum atomic E-state index is 13.0. The number of hydrogen-bond acceptors (Lipinski definition) is 4. The van der Waals surface area contributed by atoms with Crippen LogP contribution in [-0.4, -0.2) is 41.9 Å². The van der Waals surface area contributed by atoms with Crippen molar-refractivity contribution in [3.8, 4) is 0 Å². The van der Waals surface area contributed by atoms with E-state index in [0.717, 1.165) is 38.9 Å². The predicted molar refractivity (Wildman–Crippen MR) is 105 cm³/mol. The summed E-state index contributed by atoms with van der Waals surface area (Å²) in [6.45, 7) is 3.42. The first-order chi connectivity index (χ1) is 12.3. The van der Waals surface area contributed by atoms with Crippen LogP contribution in [0.5, 0.6) is 0 Å². The monoisotopic (exact) mass is 374 g/mol. The van der Waals surface area contributed by atoms with Crippen LogP contribution in [0.15, 0.2) is 29.0 Å². The molecule has 1 amide bonds. The second-order valence-electron chi connectivity index (χ2n) is 7.09. The molecule has 2 aliphatic heterocycles. The zero-order valence-electron chi connectivity index (χ0n) is 14.7. The molecule has 1 unspecified atom stereocenters. The molecule has 0 radical (unpaired) electrons. The molecule has 0 spiro atoms. The maximum absolute atomic E-state index is 13.0. The van der Waals surface area contributed by atoms with E-state index < -0.39 is 0 Å². The van der Waals surface area contributed by atoms with Crippen LogP contribution in [0.1, 0.15) is 53.5 Å². The summed E-state index contributed by atoms with van der Waals surface area (Å²) in [7, 11) is 0. The average Bonchev–Trinajstić information content (AvgIpc) is 3.25. The highest BCUT2D eigenvalue weighted by Crippen LogP contribution is 2.39. The Hall–Kier alpha value is -1.17. The molecule has 5 heteroatoms. The first-order valence-electron chi connectivity index (χ1n) is 9.44. The molecule has 3 nitrogen and oxygen atoms in total. The van der Waals surface area contributed by atoms with Crippen molar-refractivity contribution in [1.29, 1.82) is 0 Å². The summed E-state index contributed by atoms with van der Waals surface area (Å²) in [4.78, 5) is 20.4. The molecule has 1 atom stereocenters. The van der Waals surface area contributed by atoms with Gasteiger partial charge in [0.1, 0.15) is 0 Å². The second kappa shape index (κ2) is 8.02. The molecule has 1 fully saturated rings. The van der Waals surface area contributed by atoms with E-state index in [1.165, 1.54) is 34.6 Å². The van der Waals surface area contributed by atoms with Gasteiger partial charge in [0.25, 0.3) is 0 Å². The Labute approximate surface area is 158 Å². The third kappa shape index (κ3) is 3.83. The summed E-state index contributed by atoms with van der Waals surface area (Å²) in [5.74, 6) is 0.321. The lowest BCUT2D eigenvalue weighted by Crippen LogP contribution is -2.45. The molecule has 0 aromatic carbocycles. The molecule has 25 heavy (non-hydrogen) atoms. The van der Waals surface area contributed by atoms with Crippen molar-refractivity contribution in [3.05, 3.63) is 44.3 Å². The molecule has 4 heterocycles. The van der Waals surface area contributed by atoms with Crippen molar-refractivity contribution in [2.45, 2.75) is 44.6 Å². The molecule has 0 N–H and O–H groups in total. The molecule has 2 aromatic rings. The maximum Gasteiger partial charge on any atom is 0.236 e. The number of rotatable bonds is 3. The van der Waals surface area contributed by atoms with Crippen LogP contribution in [0.3, 0.4) is 0 Å². The van der Waals surface area contributed by atoms with Gasteiger partial charge in [-0.2, -0.15) is 0 Å². The Morgan fingerprint density at radius 1 is 1.00 bits per heavy atom. The van der Waals surface area contributed by atoms with Crippen molar-refractivity contribution >= 4 is 28.6 Å². The second-order valence-corrected chi connectivity index (χ2v) is 9.07. The molecule has 2 aliphatic rings. The lowest BCUT2D eigenvalue weighted by atomic mass is 9.98. The number of nitrogens with zero attached hydrogens (tertiary/aromatic N) is 2. The lowest BCUT2D eigenvalue weighted by molar-refractivity contribution is -0.133. The Morgan fingerprint density at radius 2 is 1.80 bits per heavy atom. The van der Waals surface area contributed by atoms with E-state index in [-0.39, 0.29) is 6.04 Å². The number of thiophene rings is 2. The number of likely N-dealkylation sites (tertiary alicyclic amines) is 1. The zero-order chi connectivity index (χ0) is 17.1. The van der Waals surface area contributed by atoms with Gasteiger partial charge in [-0.25, -0.2) is 0 Å². The highest BCUT2D eigenvalue weighted by molar-refractivity contribution is 7.10. The zero-order valence-corrected chi connectivity index (χ0v) is 16.3. The topological polar surface area (TPSA) is 23.6 Å². The van der Waals surface area contributed by atoms with Crippen molar-refractivity contribution < 1.29 is 4.79 Å². The summed E-state index contributed by atoms with van der Waals surface area (Å²) in [5.41, 5.74) is 1.42. The highest BCUT2D eigenvalue weighted by Gasteiger charge is 2.32. The molecule has 4 rings (SSSR count). The number of carbonyl (C=O) groups excluding carboxylic acids is 1. The minimum absolute atomic E-state index is 0.258. The van der Waals surface area contributed by atoms with Gasteiger partial charge in [-0.1, -0.05) is 25.3 Å². The number of amides is 1. The van der Waals surface area contributed by atoms with Crippen molar-refractivity contribution in [2.75, 3.05) is 26.2 Å². The van der Waals surface area contributed by atoms with Gasteiger partial charge in [0, 0.05) is 29.4 Å². The molecule has 134 valence electrons. The lowest BCUT2D eigenvalue weighted by Gasteiger charge is -2.36. The molecular weight excluding hydrogens is 348 g/mol. The normalized spacial score (nSPS) is 22.2. The Balaban J connectivity index is 1.51. The van der Waals surface area contributed by atoms with E-state index in [0.29, 0.717) is 12.5 Å². The number of hydrogen-bond donors (Lipinski definition) is 0. The van der Waals surface area contributed by atoms with Crippen LogP contribution in [0.4, 0.5) is 0 Å². The minimum atomic E-state index is 0.258. The van der Waals surface area contributed by atoms with Gasteiger partial charge in [0.2, 0.25) is 5.91 Å². The largest absolute Gasteiger partial charge is 0.342 e. The third-order valence-electron chi connectivity index (χ3n) is 5.43. The van der Waals surface area contributed by atoms with Gasteiger partial charge in [-0.15, -0.1) is 22.7 Å². The average molecular weight is 375 g/mol. The summed E-state index contributed by atoms with van der Waals surface area (Å²) in [6, 6.07) is 6.86. The van der Waals surface area contributed by atoms with Crippen LogP contribution in [0.25, 0.3) is 0 Å². The summed E-state index contributed by atoms with van der Waals surface area (Å²) < 4.78 is 0. The fraction of sp³-hybridized carbons (Fsp3) is 0.550. The molecule has 0 saturated carbocycles. The SMILES string of the molecule is O=C(CN1CCc2sccc2C1c1cccs1)N1CCCCCCC1. The fourth-order valence-electron chi connectivity index (χ4n) is 4.09. The van der Waals surface area contributed by atoms with E-state index in [9.17, 15) is 4.79 Å². The smallest absolute Gasteiger partial charge is 0.236 e. The highest BCUT2D eigenvalue weighted by atomic mass is 32.1. The third-order valence-corrected chi connectivity index (χ3v) is 7.35. The van der Waals surface area contributed by atoms with E-state index in [1.807, 2.05) is 22.7 Å². The Kier molecular flexibility index (Phi) is 5.54. The molecule has 0 bridgehead atoms. The van der Waals surface area contributed by atoms with Gasteiger partial charge in [-0.05, 0) is 47.7 Å². The fourth-order valence-corrected chi connectivity index (χ4v) is 5.87. The summed E-state index contributed by atoms with van der Waals surface area (Å²) >= 11 is 3.67. The summed E-state index contributed by atoms with van der Waals surface area (Å²) in [5, 5.41) is 4.35. The minimum Gasteiger partial charge on any atom is -0.342 e. The number of carbonyl (C=O) groups is 1. The first kappa shape index (κ1) is 17.3. The van der Waals surface area contributed by atoms with Crippen LogP contribution >= 0.6 is 22.7 Å². The van der Waals surface area contributed by atoms with Gasteiger partial charge in [0.05, 0.1) is 12.6 Å². The van der Waals surface area contributed by atoms with Gasteiger partial charge >= 0.3 is 0 Å². The van der Waals surface area contributed by atoms with Crippen LogP contribution in [0, 0.1) is 0 Å².